The molecule has 0 aromatic heterocycles. The predicted molar refractivity (Wildman–Crippen MR) is 43.1 cm³/mol. The summed E-state index contributed by atoms with van der Waals surface area (Å²) in [5.74, 6) is 0. The Morgan fingerprint density at radius 3 is 0.889 bits per heavy atom. The van der Waals surface area contributed by atoms with E-state index in [4.69, 9.17) is 0 Å². The molecule has 100 valence electrons. The van der Waals surface area contributed by atoms with E-state index >= 15 is 0 Å². The predicted octanol–water partition coefficient (Wildman–Crippen LogP) is -15.4. The third kappa shape index (κ3) is 36.0. The second-order valence-electron chi connectivity index (χ2n) is 2.01. The molecule has 0 heterocycles. The molecular formula is C10H10F6Ti2. The van der Waals surface area contributed by atoms with E-state index in [1.807, 2.05) is 24.3 Å². The van der Waals surface area contributed by atoms with E-state index in [1.165, 1.54) is 0 Å². The van der Waals surface area contributed by atoms with Gasteiger partial charge in [0.05, 0.1) is 0 Å². The molecule has 8 heteroatoms. The summed E-state index contributed by atoms with van der Waals surface area (Å²) < 4.78 is 0. The Balaban J connectivity index is -0.0000000128. The van der Waals surface area contributed by atoms with E-state index in [9.17, 15) is 0 Å². The third-order valence-corrected chi connectivity index (χ3v) is 1.17. The summed E-state index contributed by atoms with van der Waals surface area (Å²) in [5.41, 5.74) is 0. The standard InChI is InChI=1S/2C5H5.6FH.2Ti/c2*1-2-4-5-3-1;;;;;;;;/h2*1-3H,4H2;6*1H;;/q2*-1;;;;;;;2*+4/p-6. The van der Waals surface area contributed by atoms with Crippen LogP contribution in [0.15, 0.2) is 36.5 Å². The van der Waals surface area contributed by atoms with Crippen LogP contribution in [-0.4, -0.2) is 0 Å². The monoisotopic (exact) mass is 340 g/mol. The molecule has 2 aliphatic rings. The Kier molecular flexibility index (Phi) is 126. The van der Waals surface area contributed by atoms with Gasteiger partial charge in [-0.1, -0.05) is 0 Å². The van der Waals surface area contributed by atoms with Crippen LogP contribution in [0.2, 0.25) is 0 Å². The zero-order valence-electron chi connectivity index (χ0n) is 9.15. The summed E-state index contributed by atoms with van der Waals surface area (Å²) in [6.07, 6.45) is 20.0. The molecule has 0 nitrogen and oxygen atoms in total. The van der Waals surface area contributed by atoms with Gasteiger partial charge in [0.25, 0.3) is 0 Å². The van der Waals surface area contributed by atoms with Gasteiger partial charge in [-0.2, -0.15) is 12.2 Å². The van der Waals surface area contributed by atoms with E-state index in [1.54, 1.807) is 0 Å². The van der Waals surface area contributed by atoms with Crippen LogP contribution in [-0.2, 0) is 43.4 Å². The Morgan fingerprint density at radius 1 is 0.556 bits per heavy atom. The van der Waals surface area contributed by atoms with Crippen LogP contribution in [0.4, 0.5) is 0 Å². The number of rotatable bonds is 0. The van der Waals surface area contributed by atoms with Gasteiger partial charge < -0.3 is 28.2 Å². The van der Waals surface area contributed by atoms with Crippen molar-refractivity contribution in [2.45, 2.75) is 12.8 Å². The molecule has 0 fully saturated rings. The molecule has 0 unspecified atom stereocenters. The van der Waals surface area contributed by atoms with Crippen molar-refractivity contribution < 1.29 is 71.7 Å². The molecule has 0 aromatic rings. The molecule has 0 atom stereocenters. The zero-order chi connectivity index (χ0) is 7.07. The maximum absolute atomic E-state index is 2.99. The molecule has 2 aliphatic carbocycles. The minimum absolute atomic E-state index is 0. The Hall–Kier alpha value is -0.0314. The summed E-state index contributed by atoms with van der Waals surface area (Å²) in [6, 6.07) is 0. The first-order chi connectivity index (χ1) is 5.00. The van der Waals surface area contributed by atoms with Crippen molar-refractivity contribution >= 4 is 0 Å². The summed E-state index contributed by atoms with van der Waals surface area (Å²) >= 11 is 0. The second-order valence-corrected chi connectivity index (χ2v) is 2.01. The van der Waals surface area contributed by atoms with Crippen molar-refractivity contribution in [1.82, 2.24) is 0 Å². The fraction of sp³-hybridized carbons (Fsp3) is 0.200. The van der Waals surface area contributed by atoms with Crippen LogP contribution in [0, 0.1) is 12.2 Å². The van der Waals surface area contributed by atoms with Crippen LogP contribution in [0.3, 0.4) is 0 Å². The summed E-state index contributed by atoms with van der Waals surface area (Å²) in [5, 5.41) is 0. The topological polar surface area (TPSA) is 0 Å². The summed E-state index contributed by atoms with van der Waals surface area (Å²) in [7, 11) is 0. The number of allylic oxidation sites excluding steroid dienone is 8. The smallest absolute Gasteiger partial charge is 1.00 e. The number of halogens is 6. The van der Waals surface area contributed by atoms with Gasteiger partial charge in [0.2, 0.25) is 0 Å². The van der Waals surface area contributed by atoms with Gasteiger partial charge in [0, 0.05) is 0 Å². The van der Waals surface area contributed by atoms with E-state index in [0.29, 0.717) is 0 Å². The van der Waals surface area contributed by atoms with Crippen molar-refractivity contribution in [1.29, 1.82) is 0 Å². The Bertz CT molecular complexity index is 163. The van der Waals surface area contributed by atoms with Crippen LogP contribution >= 0.6 is 0 Å². The number of hydrogen-bond acceptors (Lipinski definition) is 0. The van der Waals surface area contributed by atoms with Gasteiger partial charge in [-0.3, -0.25) is 12.2 Å². The molecule has 0 N–H and O–H groups in total. The maximum atomic E-state index is 2.99. The summed E-state index contributed by atoms with van der Waals surface area (Å²) in [4.78, 5) is 0. The average Bonchev–Trinajstić information content (AvgIpc) is 2.67. The molecule has 18 heavy (non-hydrogen) atoms. The van der Waals surface area contributed by atoms with Crippen LogP contribution in [0.25, 0.3) is 0 Å². The Morgan fingerprint density at radius 2 is 0.833 bits per heavy atom. The van der Waals surface area contributed by atoms with Crippen molar-refractivity contribution in [3.63, 3.8) is 0 Å². The fourth-order valence-corrected chi connectivity index (χ4v) is 0.680. The van der Waals surface area contributed by atoms with Crippen molar-refractivity contribution in [2.75, 3.05) is 0 Å². The van der Waals surface area contributed by atoms with Gasteiger partial charge in [0.1, 0.15) is 0 Å². The molecule has 0 saturated heterocycles. The van der Waals surface area contributed by atoms with Gasteiger partial charge in [-0.15, -0.1) is 12.8 Å². The second kappa shape index (κ2) is 43.5. The van der Waals surface area contributed by atoms with Crippen LogP contribution < -0.4 is 28.2 Å². The van der Waals surface area contributed by atoms with E-state index < -0.39 is 0 Å². The van der Waals surface area contributed by atoms with Crippen molar-refractivity contribution in [3.05, 3.63) is 48.6 Å². The average molecular weight is 340 g/mol. The normalized spacial score (nSPS) is 9.78. The molecule has 0 bridgehead atoms. The summed E-state index contributed by atoms with van der Waals surface area (Å²) in [6.45, 7) is 0. The molecule has 0 saturated carbocycles. The number of hydrogen-bond donors (Lipinski definition) is 0. The third-order valence-electron chi connectivity index (χ3n) is 1.17. The van der Waals surface area contributed by atoms with Gasteiger partial charge >= 0.3 is 43.4 Å². The van der Waals surface area contributed by atoms with Gasteiger partial charge in [-0.05, 0) is 0 Å². The fourth-order valence-electron chi connectivity index (χ4n) is 0.680. The molecule has 0 spiro atoms. The minimum atomic E-state index is 0. The molecular weight excluding hydrogens is 330 g/mol. The molecule has 0 aliphatic heterocycles. The van der Waals surface area contributed by atoms with Gasteiger partial charge in [-0.25, -0.2) is 24.3 Å². The van der Waals surface area contributed by atoms with E-state index in [2.05, 4.69) is 24.3 Å². The van der Waals surface area contributed by atoms with Crippen molar-refractivity contribution in [2.24, 2.45) is 0 Å². The molecule has 0 radical (unpaired) electrons. The minimum Gasteiger partial charge on any atom is -1.00 e. The van der Waals surface area contributed by atoms with Crippen LogP contribution in [0.1, 0.15) is 12.8 Å². The SMILES string of the molecule is [C-]1=CC=CC1.[C-]1=CC=CC1.[F-].[F-].[F-].[F-].[F-].[F-].[Ti+4].[Ti+4]. The zero-order valence-corrected chi connectivity index (χ0v) is 12.3. The quantitative estimate of drug-likeness (QED) is 0.234. The van der Waals surface area contributed by atoms with Crippen LogP contribution in [0.5, 0.6) is 0 Å². The first-order valence-electron chi connectivity index (χ1n) is 3.43. The maximum Gasteiger partial charge on any atom is 4.00 e. The van der Waals surface area contributed by atoms with Crippen molar-refractivity contribution in [3.8, 4) is 0 Å². The van der Waals surface area contributed by atoms with E-state index in [0.717, 1.165) is 12.8 Å². The van der Waals surface area contributed by atoms with E-state index in [-0.39, 0.29) is 71.7 Å². The van der Waals surface area contributed by atoms with Gasteiger partial charge in [0.15, 0.2) is 0 Å². The molecule has 0 aromatic carbocycles. The molecule has 2 rings (SSSR count). The molecule has 0 amide bonds. The Labute approximate surface area is 133 Å². The largest absolute Gasteiger partial charge is 4.00 e. The first-order valence-corrected chi connectivity index (χ1v) is 3.43. The first kappa shape index (κ1) is 52.1.